The molecule has 0 atom stereocenters. The first-order valence-corrected chi connectivity index (χ1v) is 10.4. The molecule has 0 unspecified atom stereocenters. The van der Waals surface area contributed by atoms with E-state index >= 15 is 0 Å². The van der Waals surface area contributed by atoms with Crippen molar-refractivity contribution in [2.45, 2.75) is 76.5 Å². The molecular formula is C22H37ClN2O2. The molecule has 0 saturated heterocycles. The lowest BCUT2D eigenvalue weighted by Crippen LogP contribution is -2.38. The van der Waals surface area contributed by atoms with E-state index in [-0.39, 0.29) is 23.7 Å². The zero-order valence-electron chi connectivity index (χ0n) is 16.8. The van der Waals surface area contributed by atoms with Crippen LogP contribution in [-0.2, 0) is 10.2 Å². The summed E-state index contributed by atoms with van der Waals surface area (Å²) in [6.07, 6.45) is 10.6. The summed E-state index contributed by atoms with van der Waals surface area (Å²) in [6, 6.07) is 8.55. The number of carbonyl (C=O) groups excluding carboxylic acids is 1. The highest BCUT2D eigenvalue weighted by Crippen LogP contribution is 2.41. The van der Waals surface area contributed by atoms with Gasteiger partial charge in [-0.15, -0.1) is 12.4 Å². The van der Waals surface area contributed by atoms with Crippen molar-refractivity contribution < 1.29 is 9.53 Å². The number of nitrogens with one attached hydrogen (secondary N) is 1. The fourth-order valence-corrected chi connectivity index (χ4v) is 3.82. The minimum atomic E-state index is 0. The lowest BCUT2D eigenvalue weighted by atomic mass is 9.78. The molecule has 1 aromatic carbocycles. The highest BCUT2D eigenvalue weighted by atomic mass is 35.5. The number of carbonyl (C=O) groups is 1. The molecule has 0 bridgehead atoms. The number of unbranched alkanes of at least 4 members (excludes halogenated alkanes) is 3. The van der Waals surface area contributed by atoms with E-state index in [0.29, 0.717) is 13.0 Å². The van der Waals surface area contributed by atoms with Crippen molar-refractivity contribution in [3.8, 4) is 5.75 Å². The molecule has 1 amide bonds. The van der Waals surface area contributed by atoms with Crippen molar-refractivity contribution >= 4 is 18.3 Å². The van der Waals surface area contributed by atoms with E-state index in [1.165, 1.54) is 18.4 Å². The van der Waals surface area contributed by atoms with E-state index in [0.717, 1.165) is 63.8 Å². The second-order valence-electron chi connectivity index (χ2n) is 7.59. The fraction of sp³-hybridized carbons (Fsp3) is 0.682. The number of hydrogen-bond donors (Lipinski definition) is 2. The van der Waals surface area contributed by atoms with Crippen LogP contribution in [0.25, 0.3) is 0 Å². The van der Waals surface area contributed by atoms with E-state index in [1.54, 1.807) is 0 Å². The molecule has 4 nitrogen and oxygen atoms in total. The van der Waals surface area contributed by atoms with E-state index < -0.39 is 0 Å². The van der Waals surface area contributed by atoms with Crippen LogP contribution in [0.4, 0.5) is 0 Å². The van der Waals surface area contributed by atoms with Crippen molar-refractivity contribution in [1.29, 1.82) is 0 Å². The molecule has 5 heteroatoms. The van der Waals surface area contributed by atoms with Gasteiger partial charge in [0.1, 0.15) is 5.75 Å². The number of halogens is 1. The molecule has 0 aromatic heterocycles. The second kappa shape index (κ2) is 13.0. The van der Waals surface area contributed by atoms with Gasteiger partial charge in [0.25, 0.3) is 0 Å². The van der Waals surface area contributed by atoms with Crippen LogP contribution >= 0.6 is 12.4 Å². The Labute approximate surface area is 171 Å². The molecule has 1 saturated carbocycles. The molecule has 1 fully saturated rings. The molecule has 1 aromatic rings. The van der Waals surface area contributed by atoms with Gasteiger partial charge in [-0.25, -0.2) is 0 Å². The Hall–Kier alpha value is -1.26. The maximum Gasteiger partial charge on any atom is 0.220 e. The Bertz CT molecular complexity index is 528. The van der Waals surface area contributed by atoms with Crippen molar-refractivity contribution in [1.82, 2.24) is 5.32 Å². The summed E-state index contributed by atoms with van der Waals surface area (Å²) in [5.41, 5.74) is 6.93. The smallest absolute Gasteiger partial charge is 0.220 e. The van der Waals surface area contributed by atoms with Crippen LogP contribution in [-0.4, -0.2) is 25.6 Å². The van der Waals surface area contributed by atoms with Gasteiger partial charge in [-0.3, -0.25) is 4.79 Å². The summed E-state index contributed by atoms with van der Waals surface area (Å²) in [7, 11) is 0. The fourth-order valence-electron chi connectivity index (χ4n) is 3.82. The summed E-state index contributed by atoms with van der Waals surface area (Å²) >= 11 is 0. The lowest BCUT2D eigenvalue weighted by molar-refractivity contribution is -0.121. The van der Waals surface area contributed by atoms with Crippen molar-refractivity contribution in [2.75, 3.05) is 19.7 Å². The molecule has 1 aliphatic carbocycles. The zero-order valence-corrected chi connectivity index (χ0v) is 17.6. The Balaban J connectivity index is 0.00000364. The minimum Gasteiger partial charge on any atom is -0.494 e. The summed E-state index contributed by atoms with van der Waals surface area (Å²) in [5.74, 6) is 1.12. The summed E-state index contributed by atoms with van der Waals surface area (Å²) in [5, 5.41) is 3.20. The number of nitrogens with two attached hydrogens (primary N) is 1. The molecule has 0 spiro atoms. The predicted molar refractivity (Wildman–Crippen MR) is 115 cm³/mol. The maximum atomic E-state index is 12.2. The van der Waals surface area contributed by atoms with Gasteiger partial charge in [0, 0.05) is 18.4 Å². The number of ether oxygens (including phenoxy) is 1. The number of benzene rings is 1. The van der Waals surface area contributed by atoms with Gasteiger partial charge >= 0.3 is 0 Å². The van der Waals surface area contributed by atoms with Gasteiger partial charge in [-0.2, -0.15) is 0 Å². The van der Waals surface area contributed by atoms with Crippen LogP contribution in [0, 0.1) is 0 Å². The Morgan fingerprint density at radius 3 is 2.44 bits per heavy atom. The summed E-state index contributed by atoms with van der Waals surface area (Å²) in [4.78, 5) is 12.2. The summed E-state index contributed by atoms with van der Waals surface area (Å²) < 4.78 is 5.78. The van der Waals surface area contributed by atoms with Gasteiger partial charge in [-0.05, 0) is 56.3 Å². The van der Waals surface area contributed by atoms with E-state index in [2.05, 4.69) is 36.5 Å². The Morgan fingerprint density at radius 2 is 1.81 bits per heavy atom. The van der Waals surface area contributed by atoms with Gasteiger partial charge in [0.05, 0.1) is 6.61 Å². The molecule has 2 rings (SSSR count). The van der Waals surface area contributed by atoms with Crippen molar-refractivity contribution in [3.63, 3.8) is 0 Å². The van der Waals surface area contributed by atoms with Crippen molar-refractivity contribution in [3.05, 3.63) is 29.8 Å². The molecule has 1 aliphatic rings. The Morgan fingerprint density at radius 1 is 1.11 bits per heavy atom. The first-order chi connectivity index (χ1) is 12.7. The van der Waals surface area contributed by atoms with Crippen LogP contribution < -0.4 is 15.8 Å². The van der Waals surface area contributed by atoms with Crippen LogP contribution in [0.2, 0.25) is 0 Å². The first-order valence-electron chi connectivity index (χ1n) is 10.4. The van der Waals surface area contributed by atoms with E-state index in [9.17, 15) is 4.79 Å². The average molecular weight is 397 g/mol. The lowest BCUT2D eigenvalue weighted by Gasteiger charge is -2.30. The number of hydrogen-bond acceptors (Lipinski definition) is 3. The second-order valence-corrected chi connectivity index (χ2v) is 7.59. The van der Waals surface area contributed by atoms with Gasteiger partial charge in [-0.1, -0.05) is 44.7 Å². The zero-order chi connectivity index (χ0) is 18.7. The highest BCUT2D eigenvalue weighted by molar-refractivity contribution is 5.85. The molecule has 0 heterocycles. The van der Waals surface area contributed by atoms with Crippen LogP contribution in [0.5, 0.6) is 5.75 Å². The minimum absolute atomic E-state index is 0. The third kappa shape index (κ3) is 7.71. The van der Waals surface area contributed by atoms with Gasteiger partial charge in [0.2, 0.25) is 5.91 Å². The van der Waals surface area contributed by atoms with E-state index in [4.69, 9.17) is 10.5 Å². The normalized spacial score (nSPS) is 15.2. The largest absolute Gasteiger partial charge is 0.494 e. The highest BCUT2D eigenvalue weighted by Gasteiger charge is 2.35. The molecule has 0 aliphatic heterocycles. The summed E-state index contributed by atoms with van der Waals surface area (Å²) in [6.45, 7) is 4.41. The number of rotatable bonds is 12. The van der Waals surface area contributed by atoms with E-state index in [1.807, 2.05) is 0 Å². The SMILES string of the molecule is CCCCOc1ccc(C2(CNC(=O)CCCCCN)CCCC2)cc1.Cl. The van der Waals surface area contributed by atoms with Gasteiger partial charge < -0.3 is 15.8 Å². The van der Waals surface area contributed by atoms with Gasteiger partial charge in [0.15, 0.2) is 0 Å². The van der Waals surface area contributed by atoms with Crippen LogP contribution in [0.15, 0.2) is 24.3 Å². The Kier molecular flexibility index (Phi) is 11.5. The monoisotopic (exact) mass is 396 g/mol. The van der Waals surface area contributed by atoms with Crippen LogP contribution in [0.1, 0.15) is 76.7 Å². The standard InChI is InChI=1S/C22H36N2O2.ClH/c1-2-3-17-26-20-12-10-19(11-13-20)22(14-6-7-15-22)18-24-21(25)9-5-4-8-16-23;/h10-13H,2-9,14-18,23H2,1H3,(H,24,25);1H. The molecule has 0 radical (unpaired) electrons. The maximum absolute atomic E-state index is 12.2. The third-order valence-corrected chi connectivity index (χ3v) is 5.53. The quantitative estimate of drug-likeness (QED) is 0.502. The molecule has 27 heavy (non-hydrogen) atoms. The molecular weight excluding hydrogens is 360 g/mol. The number of amides is 1. The van der Waals surface area contributed by atoms with Crippen LogP contribution in [0.3, 0.4) is 0 Å². The average Bonchev–Trinajstić information content (AvgIpc) is 3.15. The predicted octanol–water partition coefficient (Wildman–Crippen LogP) is 4.73. The third-order valence-electron chi connectivity index (χ3n) is 5.53. The molecule has 3 N–H and O–H groups in total. The molecule has 154 valence electrons. The topological polar surface area (TPSA) is 64.3 Å². The van der Waals surface area contributed by atoms with Crippen molar-refractivity contribution in [2.24, 2.45) is 5.73 Å². The first kappa shape index (κ1) is 23.8.